The number of carbonyl (C=O) groups excluding carboxylic acids is 1. The number of carbonyl (C=O) groups is 1. The number of hydrogen-bond donors (Lipinski definition) is 0. The van der Waals surface area contributed by atoms with Gasteiger partial charge in [-0.1, -0.05) is 42.5 Å². The molecule has 6 heteroatoms. The Morgan fingerprint density at radius 1 is 0.676 bits per heavy atom. The number of hydrogen-bond acceptors (Lipinski definition) is 3. The van der Waals surface area contributed by atoms with Crippen LogP contribution in [0.2, 0.25) is 0 Å². The summed E-state index contributed by atoms with van der Waals surface area (Å²) in [5.41, 5.74) is 7.09. The first kappa shape index (κ1) is 20.9. The predicted molar refractivity (Wildman–Crippen MR) is 134 cm³/mol. The maximum atomic E-state index is 10.8. The van der Waals surface area contributed by atoms with Crippen molar-refractivity contribution in [3.8, 4) is 11.4 Å². The molecule has 162 valence electrons. The van der Waals surface area contributed by atoms with Crippen LogP contribution in [0.25, 0.3) is 38.3 Å². The number of aromatic nitrogens is 4. The fraction of sp³-hybridized carbons (Fsp3) is 0. The Morgan fingerprint density at radius 2 is 1.21 bits per heavy atom. The van der Waals surface area contributed by atoms with Crippen molar-refractivity contribution in [2.24, 2.45) is 0 Å². The Labute approximate surface area is 196 Å². The highest BCUT2D eigenvalue weighted by Crippen LogP contribution is 2.23. The second kappa shape index (κ2) is 9.23. The highest BCUT2D eigenvalue weighted by atomic mass is 16.1. The van der Waals surface area contributed by atoms with Crippen LogP contribution in [0.5, 0.6) is 0 Å². The number of aldehydes is 1. The van der Waals surface area contributed by atoms with E-state index in [4.69, 9.17) is 6.57 Å². The second-order valence-electron chi connectivity index (χ2n) is 7.55. The van der Waals surface area contributed by atoms with Crippen LogP contribution in [0.3, 0.4) is 0 Å². The third-order valence-corrected chi connectivity index (χ3v) is 5.44. The van der Waals surface area contributed by atoms with Gasteiger partial charge in [0.15, 0.2) is 5.69 Å². The standard InChI is InChI=1S/C14H9N3.C14H10N2O/c1-15-11-7-8-13-14(9-11)17(10-16-13)12-5-3-2-4-6-12;17-9-11-6-7-13-14(8-11)16(10-15-13)12-4-2-1-3-5-12/h2-10H;1-10H. The third kappa shape index (κ3) is 4.06. The van der Waals surface area contributed by atoms with E-state index in [9.17, 15) is 4.79 Å². The Morgan fingerprint density at radius 3 is 1.74 bits per heavy atom. The van der Waals surface area contributed by atoms with Crippen LogP contribution in [0.4, 0.5) is 5.69 Å². The van der Waals surface area contributed by atoms with E-state index in [0.29, 0.717) is 11.3 Å². The zero-order valence-corrected chi connectivity index (χ0v) is 18.1. The normalized spacial score (nSPS) is 10.4. The molecule has 34 heavy (non-hydrogen) atoms. The third-order valence-electron chi connectivity index (χ3n) is 5.44. The van der Waals surface area contributed by atoms with Crippen molar-refractivity contribution in [2.75, 3.05) is 0 Å². The van der Waals surface area contributed by atoms with E-state index in [1.54, 1.807) is 24.8 Å². The molecule has 0 N–H and O–H groups in total. The van der Waals surface area contributed by atoms with Crippen LogP contribution in [-0.4, -0.2) is 25.4 Å². The van der Waals surface area contributed by atoms with Gasteiger partial charge in [0.05, 0.1) is 28.6 Å². The zero-order chi connectivity index (χ0) is 23.3. The first-order chi connectivity index (χ1) is 16.8. The molecular formula is C28H19N5O. The fourth-order valence-corrected chi connectivity index (χ4v) is 3.75. The molecule has 2 aromatic heterocycles. The molecule has 0 fully saturated rings. The van der Waals surface area contributed by atoms with Crippen LogP contribution in [0.1, 0.15) is 10.4 Å². The topological polar surface area (TPSA) is 57.1 Å². The summed E-state index contributed by atoms with van der Waals surface area (Å²) in [6, 6.07) is 30.9. The van der Waals surface area contributed by atoms with Crippen molar-refractivity contribution in [2.45, 2.75) is 0 Å². The summed E-state index contributed by atoms with van der Waals surface area (Å²) < 4.78 is 3.96. The molecule has 6 aromatic rings. The van der Waals surface area contributed by atoms with Crippen molar-refractivity contribution in [3.63, 3.8) is 0 Å². The maximum Gasteiger partial charge on any atom is 0.189 e. The molecule has 6 rings (SSSR count). The molecule has 2 heterocycles. The first-order valence-electron chi connectivity index (χ1n) is 10.6. The van der Waals surface area contributed by atoms with E-state index < -0.39 is 0 Å². The van der Waals surface area contributed by atoms with Gasteiger partial charge in [-0.05, 0) is 54.6 Å². The Balaban J connectivity index is 0.000000142. The number of benzene rings is 4. The number of fused-ring (bicyclic) bond motifs is 2. The minimum atomic E-state index is 0.634. The van der Waals surface area contributed by atoms with Crippen LogP contribution >= 0.6 is 0 Å². The van der Waals surface area contributed by atoms with Gasteiger partial charge in [0.1, 0.15) is 18.9 Å². The molecule has 0 saturated heterocycles. The van der Waals surface area contributed by atoms with Gasteiger partial charge in [0.25, 0.3) is 0 Å². The molecule has 0 atom stereocenters. The molecule has 4 aromatic carbocycles. The lowest BCUT2D eigenvalue weighted by molar-refractivity contribution is 0.112. The number of imidazole rings is 2. The lowest BCUT2D eigenvalue weighted by atomic mass is 10.2. The molecular weight excluding hydrogens is 422 g/mol. The largest absolute Gasteiger partial charge is 0.300 e. The van der Waals surface area contributed by atoms with Gasteiger partial charge in [0.2, 0.25) is 0 Å². The molecule has 0 aliphatic rings. The van der Waals surface area contributed by atoms with Crippen molar-refractivity contribution in [1.29, 1.82) is 0 Å². The van der Waals surface area contributed by atoms with Crippen LogP contribution in [0, 0.1) is 6.57 Å². The highest BCUT2D eigenvalue weighted by molar-refractivity contribution is 5.86. The lowest BCUT2D eigenvalue weighted by Gasteiger charge is -2.03. The van der Waals surface area contributed by atoms with Crippen molar-refractivity contribution in [3.05, 3.63) is 127 Å². The predicted octanol–water partition coefficient (Wildman–Crippen LogP) is 6.41. The molecule has 0 radical (unpaired) electrons. The van der Waals surface area contributed by atoms with Crippen LogP contribution in [-0.2, 0) is 0 Å². The Kier molecular flexibility index (Phi) is 5.66. The molecule has 0 unspecified atom stereocenters. The van der Waals surface area contributed by atoms with Gasteiger partial charge < -0.3 is 4.57 Å². The number of para-hydroxylation sites is 2. The molecule has 0 spiro atoms. The van der Waals surface area contributed by atoms with E-state index in [1.807, 2.05) is 94.1 Å². The summed E-state index contributed by atoms with van der Waals surface area (Å²) in [6.45, 7) is 7.04. The van der Waals surface area contributed by atoms with Gasteiger partial charge in [-0.25, -0.2) is 14.8 Å². The highest BCUT2D eigenvalue weighted by Gasteiger charge is 2.06. The van der Waals surface area contributed by atoms with Gasteiger partial charge in [-0.2, -0.15) is 0 Å². The minimum Gasteiger partial charge on any atom is -0.300 e. The lowest BCUT2D eigenvalue weighted by Crippen LogP contribution is -1.91. The summed E-state index contributed by atoms with van der Waals surface area (Å²) in [6.07, 6.45) is 4.41. The Hall–Kier alpha value is -5.02. The van der Waals surface area contributed by atoms with Crippen molar-refractivity contribution >= 4 is 34.0 Å². The SMILES string of the molecule is O=Cc1ccc2ncn(-c3ccccc3)c2c1.[C-]#[N+]c1ccc2ncn(-c3ccccc3)c2c1. The smallest absolute Gasteiger partial charge is 0.189 e. The number of nitrogens with zero attached hydrogens (tertiary/aromatic N) is 5. The van der Waals surface area contributed by atoms with Gasteiger partial charge in [0, 0.05) is 16.9 Å². The fourth-order valence-electron chi connectivity index (χ4n) is 3.75. The van der Waals surface area contributed by atoms with Gasteiger partial charge >= 0.3 is 0 Å². The van der Waals surface area contributed by atoms with Crippen LogP contribution < -0.4 is 0 Å². The molecule has 0 aliphatic heterocycles. The Bertz CT molecular complexity index is 1630. The number of rotatable bonds is 3. The average Bonchev–Trinajstić information content (AvgIpc) is 3.53. The van der Waals surface area contributed by atoms with Gasteiger partial charge in [-0.15, -0.1) is 0 Å². The maximum absolute atomic E-state index is 10.8. The molecule has 0 amide bonds. The van der Waals surface area contributed by atoms with E-state index >= 15 is 0 Å². The summed E-state index contributed by atoms with van der Waals surface area (Å²) in [4.78, 5) is 22.9. The quantitative estimate of drug-likeness (QED) is 0.235. The van der Waals surface area contributed by atoms with E-state index in [0.717, 1.165) is 39.7 Å². The van der Waals surface area contributed by atoms with Crippen molar-refractivity contribution < 1.29 is 4.79 Å². The second-order valence-corrected chi connectivity index (χ2v) is 7.55. The van der Waals surface area contributed by atoms with Crippen LogP contribution in [0.15, 0.2) is 110 Å². The molecule has 0 saturated carbocycles. The van der Waals surface area contributed by atoms with Crippen molar-refractivity contribution in [1.82, 2.24) is 19.1 Å². The van der Waals surface area contributed by atoms with Gasteiger partial charge in [-0.3, -0.25) is 9.36 Å². The van der Waals surface area contributed by atoms with E-state index in [1.165, 1.54) is 0 Å². The average molecular weight is 441 g/mol. The zero-order valence-electron chi connectivity index (χ0n) is 18.1. The molecule has 0 bridgehead atoms. The first-order valence-corrected chi connectivity index (χ1v) is 10.6. The molecule has 0 aliphatic carbocycles. The molecule has 6 nitrogen and oxygen atoms in total. The van der Waals surface area contributed by atoms with E-state index in [2.05, 4.69) is 14.8 Å². The summed E-state index contributed by atoms with van der Waals surface area (Å²) >= 11 is 0. The minimum absolute atomic E-state index is 0.634. The summed E-state index contributed by atoms with van der Waals surface area (Å²) in [5, 5.41) is 0. The van der Waals surface area contributed by atoms with E-state index in [-0.39, 0.29) is 0 Å². The monoisotopic (exact) mass is 441 g/mol. The summed E-state index contributed by atoms with van der Waals surface area (Å²) in [5.74, 6) is 0. The summed E-state index contributed by atoms with van der Waals surface area (Å²) in [7, 11) is 0.